The van der Waals surface area contributed by atoms with E-state index in [1.807, 2.05) is 54.6 Å². The van der Waals surface area contributed by atoms with Crippen LogP contribution < -0.4 is 11.3 Å². The molecule has 0 aliphatic carbocycles. The maximum absolute atomic E-state index is 5.86. The van der Waals surface area contributed by atoms with Gasteiger partial charge in [-0.25, -0.2) is 4.99 Å². The molecule has 3 nitrogen and oxygen atoms in total. The van der Waals surface area contributed by atoms with Gasteiger partial charge in [0, 0.05) is 9.86 Å². The lowest BCUT2D eigenvalue weighted by Crippen LogP contribution is -2.20. The molecule has 0 saturated heterocycles. The topological polar surface area (TPSA) is 51.5 Å². The summed E-state index contributed by atoms with van der Waals surface area (Å²) in [5.74, 6) is 0. The Kier molecular flexibility index (Phi) is 3.86. The molecule has 0 aliphatic rings. The van der Waals surface area contributed by atoms with Crippen LogP contribution in [0.5, 0.6) is 0 Å². The van der Waals surface area contributed by atoms with Crippen molar-refractivity contribution in [3.05, 3.63) is 70.2 Å². The third kappa shape index (κ3) is 2.89. The van der Waals surface area contributed by atoms with Crippen molar-refractivity contribution in [1.82, 2.24) is 0 Å². The molecule has 1 heterocycles. The molecule has 5 heteroatoms. The van der Waals surface area contributed by atoms with E-state index in [1.165, 1.54) is 0 Å². The fraction of sp³-hybridized carbons (Fsp3) is 0. The van der Waals surface area contributed by atoms with Gasteiger partial charge in [0.1, 0.15) is 10.6 Å². The summed E-state index contributed by atoms with van der Waals surface area (Å²) in [6, 6.07) is 17.2. The molecule has 0 spiro atoms. The normalized spacial score (nSPS) is 11.8. The fourth-order valence-corrected chi connectivity index (χ4v) is 2.50. The van der Waals surface area contributed by atoms with E-state index in [2.05, 4.69) is 20.9 Å². The van der Waals surface area contributed by atoms with E-state index in [1.54, 1.807) is 0 Å². The van der Waals surface area contributed by atoms with Crippen LogP contribution in [0.3, 0.4) is 0 Å². The number of thiocarbonyl (C=S) groups is 1. The molecule has 21 heavy (non-hydrogen) atoms. The third-order valence-electron chi connectivity index (χ3n) is 3.00. The van der Waals surface area contributed by atoms with Crippen LogP contribution in [0.4, 0.5) is 5.69 Å². The highest BCUT2D eigenvalue weighted by Crippen LogP contribution is 2.24. The molecule has 2 aromatic carbocycles. The van der Waals surface area contributed by atoms with E-state index in [9.17, 15) is 0 Å². The first-order valence-corrected chi connectivity index (χ1v) is 7.47. The minimum Gasteiger partial charge on any atom is -0.438 e. The number of nitrogens with two attached hydrogens (primary N) is 1. The van der Waals surface area contributed by atoms with E-state index in [0.717, 1.165) is 21.1 Å². The third-order valence-corrected chi connectivity index (χ3v) is 3.89. The summed E-state index contributed by atoms with van der Waals surface area (Å²) in [7, 11) is 0. The summed E-state index contributed by atoms with van der Waals surface area (Å²) in [6.45, 7) is 0. The molecule has 1 aromatic heterocycles. The summed E-state index contributed by atoms with van der Waals surface area (Å²) in [5, 5.41) is 0.936. The second-order valence-corrected chi connectivity index (χ2v) is 5.72. The zero-order chi connectivity index (χ0) is 14.8. The van der Waals surface area contributed by atoms with Crippen LogP contribution in [-0.2, 0) is 0 Å². The Bertz CT molecular complexity index is 902. The molecule has 0 bridgehead atoms. The highest BCUT2D eigenvalue weighted by molar-refractivity contribution is 9.10. The number of benzene rings is 2. The second-order valence-electron chi connectivity index (χ2n) is 4.43. The molecular formula is C16H11BrN2OS. The second kappa shape index (κ2) is 5.79. The number of para-hydroxylation sites is 2. The first-order valence-electron chi connectivity index (χ1n) is 6.27. The Labute approximate surface area is 135 Å². The predicted molar refractivity (Wildman–Crippen MR) is 91.5 cm³/mol. The lowest BCUT2D eigenvalue weighted by Gasteiger charge is -2.03. The zero-order valence-corrected chi connectivity index (χ0v) is 13.3. The van der Waals surface area contributed by atoms with Crippen LogP contribution in [0, 0.1) is 0 Å². The predicted octanol–water partition coefficient (Wildman–Crippen LogP) is 4.06. The number of fused-ring (bicyclic) bond motifs is 1. The van der Waals surface area contributed by atoms with Crippen molar-refractivity contribution in [3.8, 4) is 0 Å². The van der Waals surface area contributed by atoms with Crippen molar-refractivity contribution in [2.75, 3.05) is 0 Å². The first-order chi connectivity index (χ1) is 10.1. The van der Waals surface area contributed by atoms with Crippen molar-refractivity contribution < 1.29 is 4.42 Å². The van der Waals surface area contributed by atoms with Gasteiger partial charge in [0.25, 0.3) is 0 Å². The summed E-state index contributed by atoms with van der Waals surface area (Å²) >= 11 is 8.57. The highest BCUT2D eigenvalue weighted by Gasteiger charge is 2.07. The molecular weight excluding hydrogens is 348 g/mol. The van der Waals surface area contributed by atoms with Gasteiger partial charge >= 0.3 is 0 Å². The molecule has 0 unspecified atom stereocenters. The van der Waals surface area contributed by atoms with E-state index < -0.39 is 0 Å². The van der Waals surface area contributed by atoms with Gasteiger partial charge in [-0.15, -0.1) is 0 Å². The van der Waals surface area contributed by atoms with Crippen LogP contribution in [0.25, 0.3) is 11.0 Å². The standard InChI is InChI=1S/C16H11BrN2OS/c17-12-6-2-3-7-13(12)19-16-11(15(18)21)9-10-5-1-4-8-14(10)20-16/h1-9H,(H2,18,21). The van der Waals surface area contributed by atoms with Crippen LogP contribution in [0.1, 0.15) is 5.56 Å². The molecule has 0 radical (unpaired) electrons. The fourth-order valence-electron chi connectivity index (χ4n) is 1.98. The Morgan fingerprint density at radius 2 is 1.81 bits per heavy atom. The minimum atomic E-state index is 0.260. The number of hydrogen-bond donors (Lipinski definition) is 1. The van der Waals surface area contributed by atoms with Gasteiger partial charge in [-0.2, -0.15) is 0 Å². The van der Waals surface area contributed by atoms with Gasteiger partial charge < -0.3 is 10.2 Å². The van der Waals surface area contributed by atoms with Gasteiger partial charge in [0.15, 0.2) is 0 Å². The molecule has 0 aliphatic heterocycles. The van der Waals surface area contributed by atoms with Crippen LogP contribution in [0.15, 0.2) is 68.5 Å². The maximum atomic E-state index is 5.86. The monoisotopic (exact) mass is 358 g/mol. The largest absolute Gasteiger partial charge is 0.438 e. The van der Waals surface area contributed by atoms with Crippen LogP contribution in [-0.4, -0.2) is 4.99 Å². The van der Waals surface area contributed by atoms with E-state index in [-0.39, 0.29) is 4.99 Å². The maximum Gasteiger partial charge on any atom is 0.230 e. The summed E-state index contributed by atoms with van der Waals surface area (Å²) in [4.78, 5) is 4.79. The smallest absolute Gasteiger partial charge is 0.230 e. The molecule has 0 saturated carbocycles. The number of hydrogen-bond acceptors (Lipinski definition) is 3. The van der Waals surface area contributed by atoms with Gasteiger partial charge in [-0.05, 0) is 40.2 Å². The van der Waals surface area contributed by atoms with Crippen molar-refractivity contribution in [2.24, 2.45) is 10.7 Å². The molecule has 104 valence electrons. The molecule has 3 rings (SSSR count). The van der Waals surface area contributed by atoms with Crippen LogP contribution in [0.2, 0.25) is 0 Å². The van der Waals surface area contributed by atoms with Crippen molar-refractivity contribution in [1.29, 1.82) is 0 Å². The van der Waals surface area contributed by atoms with E-state index in [4.69, 9.17) is 22.4 Å². The Balaban J connectivity index is 2.32. The lowest BCUT2D eigenvalue weighted by molar-refractivity contribution is 0.543. The van der Waals surface area contributed by atoms with Gasteiger partial charge in [-0.1, -0.05) is 42.5 Å². The summed E-state index contributed by atoms with van der Waals surface area (Å²) < 4.78 is 6.74. The van der Waals surface area contributed by atoms with Gasteiger partial charge in [0.2, 0.25) is 5.55 Å². The Morgan fingerprint density at radius 3 is 2.57 bits per heavy atom. The number of nitrogens with zero attached hydrogens (tertiary/aromatic N) is 1. The first kappa shape index (κ1) is 14.0. The van der Waals surface area contributed by atoms with Gasteiger partial charge in [0.05, 0.1) is 11.3 Å². The lowest BCUT2D eigenvalue weighted by atomic mass is 10.2. The minimum absolute atomic E-state index is 0.260. The quantitative estimate of drug-likeness (QED) is 0.702. The molecule has 2 N–H and O–H groups in total. The summed E-state index contributed by atoms with van der Waals surface area (Å²) in [5.41, 5.74) is 8.33. The number of halogens is 1. The zero-order valence-electron chi connectivity index (χ0n) is 10.9. The molecule has 0 amide bonds. The average Bonchev–Trinajstić information content (AvgIpc) is 2.48. The van der Waals surface area contributed by atoms with E-state index >= 15 is 0 Å². The molecule has 3 aromatic rings. The number of rotatable bonds is 2. The van der Waals surface area contributed by atoms with Crippen LogP contribution >= 0.6 is 28.1 Å². The van der Waals surface area contributed by atoms with Crippen molar-refractivity contribution >= 4 is 49.8 Å². The van der Waals surface area contributed by atoms with Gasteiger partial charge in [-0.3, -0.25) is 0 Å². The highest BCUT2D eigenvalue weighted by atomic mass is 79.9. The summed E-state index contributed by atoms with van der Waals surface area (Å²) in [6.07, 6.45) is 0. The van der Waals surface area contributed by atoms with Crippen molar-refractivity contribution in [3.63, 3.8) is 0 Å². The van der Waals surface area contributed by atoms with E-state index in [0.29, 0.717) is 11.1 Å². The molecule has 0 fully saturated rings. The Hall–Kier alpha value is -1.98. The Morgan fingerprint density at radius 1 is 1.10 bits per heavy atom. The molecule has 0 atom stereocenters. The SMILES string of the molecule is NC(=S)c1cc2ccccc2oc1=Nc1ccccc1Br. The average molecular weight is 359 g/mol. The van der Waals surface area contributed by atoms with Crippen molar-refractivity contribution in [2.45, 2.75) is 0 Å².